The molecule has 0 radical (unpaired) electrons. The van der Waals surface area contributed by atoms with Gasteiger partial charge in [-0.2, -0.15) is 0 Å². The van der Waals surface area contributed by atoms with Gasteiger partial charge in [-0.1, -0.05) is 30.3 Å². The van der Waals surface area contributed by atoms with Crippen molar-refractivity contribution < 1.29 is 9.53 Å². The van der Waals surface area contributed by atoms with Crippen LogP contribution in [0.15, 0.2) is 30.3 Å². The minimum Gasteiger partial charge on any atom is -0.381 e. The molecule has 0 aromatic heterocycles. The second kappa shape index (κ2) is 6.68. The Bertz CT molecular complexity index is 408. The zero-order valence-electron chi connectivity index (χ0n) is 11.3. The fourth-order valence-corrected chi connectivity index (χ4v) is 2.55. The molecule has 4 heteroatoms. The van der Waals surface area contributed by atoms with Gasteiger partial charge >= 0.3 is 0 Å². The summed E-state index contributed by atoms with van der Waals surface area (Å²) in [5, 5.41) is 3.02. The number of carbonyl (C=O) groups is 1. The van der Waals surface area contributed by atoms with Gasteiger partial charge in [0.2, 0.25) is 5.91 Å². The highest BCUT2D eigenvalue weighted by molar-refractivity contribution is 5.82. The van der Waals surface area contributed by atoms with Crippen molar-refractivity contribution in [3.8, 4) is 0 Å². The maximum atomic E-state index is 12.0. The van der Waals surface area contributed by atoms with Crippen molar-refractivity contribution in [1.29, 1.82) is 0 Å². The van der Waals surface area contributed by atoms with E-state index in [0.29, 0.717) is 6.42 Å². The zero-order valence-corrected chi connectivity index (χ0v) is 11.3. The largest absolute Gasteiger partial charge is 0.381 e. The number of ether oxygens (including phenoxy) is 1. The third-order valence-corrected chi connectivity index (χ3v) is 3.70. The van der Waals surface area contributed by atoms with Gasteiger partial charge in [0.1, 0.15) is 0 Å². The Morgan fingerprint density at radius 3 is 2.79 bits per heavy atom. The number of hydrogen-bond donors (Lipinski definition) is 2. The molecule has 0 spiro atoms. The molecule has 1 aliphatic carbocycles. The monoisotopic (exact) mass is 262 g/mol. The first-order chi connectivity index (χ1) is 9.19. The number of benzene rings is 1. The van der Waals surface area contributed by atoms with E-state index in [-0.39, 0.29) is 18.1 Å². The predicted molar refractivity (Wildman–Crippen MR) is 74.7 cm³/mol. The van der Waals surface area contributed by atoms with E-state index in [1.807, 2.05) is 30.3 Å². The average molecular weight is 262 g/mol. The minimum absolute atomic E-state index is 0.0643. The van der Waals surface area contributed by atoms with E-state index in [2.05, 4.69) is 5.32 Å². The summed E-state index contributed by atoms with van der Waals surface area (Å²) in [6.07, 6.45) is 3.72. The second-order valence-electron chi connectivity index (χ2n) is 5.17. The molecule has 1 fully saturated rings. The molecule has 4 nitrogen and oxygen atoms in total. The number of rotatable bonds is 5. The number of hydrogen-bond acceptors (Lipinski definition) is 3. The van der Waals surface area contributed by atoms with Crippen LogP contribution in [-0.4, -0.2) is 31.2 Å². The highest BCUT2D eigenvalue weighted by Gasteiger charge is 2.27. The normalized spacial score (nSPS) is 24.1. The molecule has 0 aliphatic heterocycles. The molecule has 3 N–H and O–H groups in total. The Morgan fingerprint density at radius 2 is 2.16 bits per heavy atom. The van der Waals surface area contributed by atoms with Crippen molar-refractivity contribution in [2.75, 3.05) is 7.11 Å². The van der Waals surface area contributed by atoms with Crippen molar-refractivity contribution >= 4 is 5.91 Å². The third-order valence-electron chi connectivity index (χ3n) is 3.70. The van der Waals surface area contributed by atoms with Gasteiger partial charge in [0, 0.05) is 13.2 Å². The topological polar surface area (TPSA) is 64.3 Å². The van der Waals surface area contributed by atoms with E-state index in [9.17, 15) is 4.79 Å². The van der Waals surface area contributed by atoms with Crippen molar-refractivity contribution in [3.05, 3.63) is 35.9 Å². The molecule has 1 aromatic rings. The van der Waals surface area contributed by atoms with Crippen molar-refractivity contribution in [2.45, 2.75) is 43.9 Å². The van der Waals surface area contributed by atoms with Gasteiger partial charge in [-0.3, -0.25) is 4.79 Å². The second-order valence-corrected chi connectivity index (χ2v) is 5.17. The molecular weight excluding hydrogens is 240 g/mol. The molecule has 19 heavy (non-hydrogen) atoms. The van der Waals surface area contributed by atoms with E-state index < -0.39 is 6.04 Å². The fraction of sp³-hybridized carbons (Fsp3) is 0.533. The smallest absolute Gasteiger partial charge is 0.237 e. The summed E-state index contributed by atoms with van der Waals surface area (Å²) in [5.41, 5.74) is 7.04. The number of methoxy groups -OCH3 is 1. The molecule has 1 aromatic carbocycles. The molecule has 1 amide bonds. The lowest BCUT2D eigenvalue weighted by Crippen LogP contribution is -2.45. The highest BCUT2D eigenvalue weighted by atomic mass is 16.5. The third kappa shape index (κ3) is 4.04. The summed E-state index contributed by atoms with van der Waals surface area (Å²) in [6.45, 7) is 0. The van der Waals surface area contributed by atoms with Crippen LogP contribution in [0.25, 0.3) is 0 Å². The molecule has 3 atom stereocenters. The number of nitrogens with two attached hydrogens (primary N) is 1. The van der Waals surface area contributed by atoms with Crippen LogP contribution in [0.3, 0.4) is 0 Å². The van der Waals surface area contributed by atoms with Crippen LogP contribution in [0, 0.1) is 0 Å². The average Bonchev–Trinajstić information content (AvgIpc) is 2.87. The first kappa shape index (κ1) is 14.0. The number of nitrogens with one attached hydrogen (secondary N) is 1. The lowest BCUT2D eigenvalue weighted by atomic mass is 10.1. The van der Waals surface area contributed by atoms with E-state index >= 15 is 0 Å². The molecular formula is C15H22N2O2. The molecule has 1 aliphatic rings. The summed E-state index contributed by atoms with van der Waals surface area (Å²) in [6, 6.07) is 9.58. The maximum absolute atomic E-state index is 12.0. The van der Waals surface area contributed by atoms with Crippen LogP contribution < -0.4 is 11.1 Å². The molecule has 104 valence electrons. The van der Waals surface area contributed by atoms with Crippen LogP contribution in [0.2, 0.25) is 0 Å². The van der Waals surface area contributed by atoms with Crippen molar-refractivity contribution in [1.82, 2.24) is 5.32 Å². The van der Waals surface area contributed by atoms with Crippen LogP contribution in [0.5, 0.6) is 0 Å². The van der Waals surface area contributed by atoms with Gasteiger partial charge in [0.05, 0.1) is 12.1 Å². The van der Waals surface area contributed by atoms with E-state index in [1.165, 1.54) is 0 Å². The first-order valence-electron chi connectivity index (χ1n) is 6.81. The highest BCUT2D eigenvalue weighted by Crippen LogP contribution is 2.21. The maximum Gasteiger partial charge on any atom is 0.237 e. The Labute approximate surface area is 114 Å². The number of amides is 1. The van der Waals surface area contributed by atoms with Gasteiger partial charge in [-0.05, 0) is 31.2 Å². The SMILES string of the molecule is COC1CCC(NC(=O)C(N)Cc2ccccc2)C1. The van der Waals surface area contributed by atoms with Crippen molar-refractivity contribution in [3.63, 3.8) is 0 Å². The summed E-state index contributed by atoms with van der Waals surface area (Å²) >= 11 is 0. The van der Waals surface area contributed by atoms with E-state index in [0.717, 1.165) is 24.8 Å². The fourth-order valence-electron chi connectivity index (χ4n) is 2.55. The molecule has 0 bridgehead atoms. The summed E-state index contributed by atoms with van der Waals surface area (Å²) in [4.78, 5) is 12.0. The summed E-state index contributed by atoms with van der Waals surface area (Å²) < 4.78 is 5.30. The molecule has 1 saturated carbocycles. The van der Waals surface area contributed by atoms with Crippen LogP contribution >= 0.6 is 0 Å². The molecule has 2 rings (SSSR count). The van der Waals surface area contributed by atoms with Crippen LogP contribution in [0.1, 0.15) is 24.8 Å². The summed E-state index contributed by atoms with van der Waals surface area (Å²) in [7, 11) is 1.72. The Hall–Kier alpha value is -1.39. The lowest BCUT2D eigenvalue weighted by molar-refractivity contribution is -0.123. The Morgan fingerprint density at radius 1 is 1.42 bits per heavy atom. The van der Waals surface area contributed by atoms with Crippen LogP contribution in [0.4, 0.5) is 0 Å². The molecule has 3 unspecified atom stereocenters. The first-order valence-corrected chi connectivity index (χ1v) is 6.81. The summed E-state index contributed by atoms with van der Waals surface area (Å²) in [5.74, 6) is -0.0643. The van der Waals surface area contributed by atoms with Gasteiger partial charge < -0.3 is 15.8 Å². The molecule has 0 saturated heterocycles. The van der Waals surface area contributed by atoms with Gasteiger partial charge in [0.25, 0.3) is 0 Å². The van der Waals surface area contributed by atoms with Crippen LogP contribution in [-0.2, 0) is 16.0 Å². The predicted octanol–water partition coefficient (Wildman–Crippen LogP) is 1.24. The van der Waals surface area contributed by atoms with Gasteiger partial charge in [0.15, 0.2) is 0 Å². The van der Waals surface area contributed by atoms with E-state index in [1.54, 1.807) is 7.11 Å². The number of carbonyl (C=O) groups excluding carboxylic acids is 1. The van der Waals surface area contributed by atoms with Crippen molar-refractivity contribution in [2.24, 2.45) is 5.73 Å². The van der Waals surface area contributed by atoms with E-state index in [4.69, 9.17) is 10.5 Å². The Balaban J connectivity index is 1.80. The van der Waals surface area contributed by atoms with Gasteiger partial charge in [-0.15, -0.1) is 0 Å². The molecule has 0 heterocycles. The minimum atomic E-state index is -0.482. The quantitative estimate of drug-likeness (QED) is 0.839. The Kier molecular flexibility index (Phi) is 4.93. The standard InChI is InChI=1S/C15H22N2O2/c1-19-13-8-7-12(10-13)17-15(18)14(16)9-11-5-3-2-4-6-11/h2-6,12-14H,7-10,16H2,1H3,(H,17,18). The zero-order chi connectivity index (χ0) is 13.7. The lowest BCUT2D eigenvalue weighted by Gasteiger charge is -2.17. The van der Waals surface area contributed by atoms with Gasteiger partial charge in [-0.25, -0.2) is 0 Å².